The van der Waals surface area contributed by atoms with E-state index in [0.717, 1.165) is 5.56 Å². The van der Waals surface area contributed by atoms with Crippen LogP contribution in [0.25, 0.3) is 11.3 Å². The zero-order valence-corrected chi connectivity index (χ0v) is 15.5. The molecule has 7 nitrogen and oxygen atoms in total. The second-order valence-corrected chi connectivity index (χ2v) is 6.24. The maximum Gasteiger partial charge on any atom is 0.289 e. The van der Waals surface area contributed by atoms with Crippen molar-refractivity contribution in [3.05, 3.63) is 63.8 Å². The normalized spacial score (nSPS) is 10.9. The number of phenolic OH excluding ortho intramolecular Hbond substituents is 1. The number of aromatic amines is 1. The van der Waals surface area contributed by atoms with Gasteiger partial charge in [0.25, 0.3) is 5.91 Å². The van der Waals surface area contributed by atoms with Crippen LogP contribution in [0.15, 0.2) is 47.6 Å². The summed E-state index contributed by atoms with van der Waals surface area (Å²) < 4.78 is 5.01. The third kappa shape index (κ3) is 4.39. The van der Waals surface area contributed by atoms with Crippen molar-refractivity contribution in [2.75, 3.05) is 7.11 Å². The van der Waals surface area contributed by atoms with E-state index in [-0.39, 0.29) is 11.4 Å². The quantitative estimate of drug-likeness (QED) is 0.443. The molecular formula is C18H14Cl2N4O3. The third-order valence-corrected chi connectivity index (χ3v) is 4.36. The number of nitrogens with zero attached hydrogens (tertiary/aromatic N) is 2. The average molecular weight is 405 g/mol. The zero-order chi connectivity index (χ0) is 19.4. The van der Waals surface area contributed by atoms with Crippen molar-refractivity contribution in [2.45, 2.75) is 0 Å². The number of carbonyl (C=O) groups is 1. The van der Waals surface area contributed by atoms with Crippen molar-refractivity contribution in [2.24, 2.45) is 5.10 Å². The van der Waals surface area contributed by atoms with Gasteiger partial charge in [0, 0.05) is 5.56 Å². The van der Waals surface area contributed by atoms with E-state index in [1.165, 1.54) is 19.4 Å². The SMILES string of the molecule is COc1cc(/C=N/NC(=O)c2cc(-c3ccc(Cl)c(Cl)c3)n[nH]2)ccc1O. The second kappa shape index (κ2) is 8.11. The summed E-state index contributed by atoms with van der Waals surface area (Å²) in [5.74, 6) is -0.133. The number of rotatable bonds is 5. The Kier molecular flexibility index (Phi) is 5.63. The van der Waals surface area contributed by atoms with Crippen LogP contribution in [0.4, 0.5) is 0 Å². The first-order chi connectivity index (χ1) is 13.0. The van der Waals surface area contributed by atoms with Crippen LogP contribution in [0, 0.1) is 0 Å². The molecule has 0 radical (unpaired) electrons. The van der Waals surface area contributed by atoms with Crippen molar-refractivity contribution < 1.29 is 14.6 Å². The minimum atomic E-state index is -0.462. The number of methoxy groups -OCH3 is 1. The molecule has 0 fully saturated rings. The van der Waals surface area contributed by atoms with Gasteiger partial charge < -0.3 is 9.84 Å². The Hall–Kier alpha value is -3.03. The van der Waals surface area contributed by atoms with E-state index in [1.54, 1.807) is 36.4 Å². The fraction of sp³-hybridized carbons (Fsp3) is 0.0556. The highest BCUT2D eigenvalue weighted by molar-refractivity contribution is 6.42. The van der Waals surface area contributed by atoms with Gasteiger partial charge in [-0.3, -0.25) is 9.89 Å². The summed E-state index contributed by atoms with van der Waals surface area (Å²) in [6.07, 6.45) is 1.43. The van der Waals surface area contributed by atoms with E-state index in [4.69, 9.17) is 27.9 Å². The smallest absolute Gasteiger partial charge is 0.289 e. The molecule has 1 aromatic heterocycles. The number of benzene rings is 2. The molecule has 0 aliphatic carbocycles. The summed E-state index contributed by atoms with van der Waals surface area (Å²) in [5.41, 5.74) is 4.54. The molecule has 138 valence electrons. The van der Waals surface area contributed by atoms with Crippen molar-refractivity contribution >= 4 is 35.3 Å². The number of aromatic nitrogens is 2. The molecule has 2 aromatic carbocycles. The van der Waals surface area contributed by atoms with Gasteiger partial charge in [-0.05, 0) is 42.0 Å². The molecule has 0 bridgehead atoms. The van der Waals surface area contributed by atoms with Crippen LogP contribution in [0.3, 0.4) is 0 Å². The molecule has 0 saturated carbocycles. The average Bonchev–Trinajstić information content (AvgIpc) is 3.15. The van der Waals surface area contributed by atoms with Crippen molar-refractivity contribution in [3.63, 3.8) is 0 Å². The number of carbonyl (C=O) groups excluding carboxylic acids is 1. The Morgan fingerprint density at radius 2 is 2.04 bits per heavy atom. The molecule has 3 aromatic rings. The Morgan fingerprint density at radius 3 is 2.78 bits per heavy atom. The van der Waals surface area contributed by atoms with Crippen molar-refractivity contribution in [3.8, 4) is 22.8 Å². The lowest BCUT2D eigenvalue weighted by Crippen LogP contribution is -2.18. The van der Waals surface area contributed by atoms with Gasteiger partial charge in [0.2, 0.25) is 0 Å². The maximum atomic E-state index is 12.2. The first-order valence-corrected chi connectivity index (χ1v) is 8.45. The molecule has 27 heavy (non-hydrogen) atoms. The Bertz CT molecular complexity index is 1020. The predicted molar refractivity (Wildman–Crippen MR) is 104 cm³/mol. The number of halogens is 2. The van der Waals surface area contributed by atoms with E-state index < -0.39 is 5.91 Å². The van der Waals surface area contributed by atoms with Crippen LogP contribution in [0.1, 0.15) is 16.1 Å². The molecule has 9 heteroatoms. The Labute approximate surface area is 164 Å². The number of hydrazone groups is 1. The molecule has 0 aliphatic rings. The molecular weight excluding hydrogens is 391 g/mol. The van der Waals surface area contributed by atoms with Crippen LogP contribution in [-0.4, -0.2) is 34.5 Å². The van der Waals surface area contributed by atoms with Crippen LogP contribution in [-0.2, 0) is 0 Å². The Morgan fingerprint density at radius 1 is 1.22 bits per heavy atom. The Balaban J connectivity index is 1.68. The van der Waals surface area contributed by atoms with Crippen molar-refractivity contribution in [1.29, 1.82) is 0 Å². The topological polar surface area (TPSA) is 99.6 Å². The first kappa shape index (κ1) is 18.8. The molecule has 0 aliphatic heterocycles. The summed E-state index contributed by atoms with van der Waals surface area (Å²) in [6.45, 7) is 0. The maximum absolute atomic E-state index is 12.2. The van der Waals surface area contributed by atoms with Crippen molar-refractivity contribution in [1.82, 2.24) is 15.6 Å². The van der Waals surface area contributed by atoms with Gasteiger partial charge in [-0.25, -0.2) is 5.43 Å². The standard InChI is InChI=1S/C18H14Cl2N4O3/c1-27-17-6-10(2-5-16(17)25)9-21-24-18(26)15-8-14(22-23-15)11-3-4-12(19)13(20)7-11/h2-9,25H,1H3,(H,22,23)(H,24,26)/b21-9+. The van der Waals surface area contributed by atoms with Gasteiger partial charge >= 0.3 is 0 Å². The van der Waals surface area contributed by atoms with E-state index in [2.05, 4.69) is 20.7 Å². The largest absolute Gasteiger partial charge is 0.504 e. The van der Waals surface area contributed by atoms with Gasteiger partial charge in [-0.15, -0.1) is 0 Å². The lowest BCUT2D eigenvalue weighted by molar-refractivity contribution is 0.0950. The lowest BCUT2D eigenvalue weighted by Gasteiger charge is -2.03. The summed E-state index contributed by atoms with van der Waals surface area (Å²) in [7, 11) is 1.45. The van der Waals surface area contributed by atoms with Gasteiger partial charge in [0.05, 0.1) is 29.1 Å². The molecule has 3 N–H and O–H groups in total. The number of ether oxygens (including phenoxy) is 1. The van der Waals surface area contributed by atoms with E-state index in [9.17, 15) is 9.90 Å². The van der Waals surface area contributed by atoms with Gasteiger partial charge in [-0.2, -0.15) is 10.2 Å². The van der Waals surface area contributed by atoms with E-state index in [0.29, 0.717) is 27.1 Å². The van der Waals surface area contributed by atoms with E-state index >= 15 is 0 Å². The zero-order valence-electron chi connectivity index (χ0n) is 14.0. The number of aromatic hydroxyl groups is 1. The minimum Gasteiger partial charge on any atom is -0.504 e. The molecule has 0 atom stereocenters. The lowest BCUT2D eigenvalue weighted by atomic mass is 10.1. The molecule has 0 saturated heterocycles. The van der Waals surface area contributed by atoms with E-state index in [1.807, 2.05) is 0 Å². The molecule has 3 rings (SSSR count). The summed E-state index contributed by atoms with van der Waals surface area (Å²) in [6, 6.07) is 11.3. The van der Waals surface area contributed by atoms with Gasteiger partial charge in [-0.1, -0.05) is 29.3 Å². The molecule has 0 unspecified atom stereocenters. The first-order valence-electron chi connectivity index (χ1n) is 7.69. The summed E-state index contributed by atoms with van der Waals surface area (Å²) in [5, 5.41) is 21.0. The third-order valence-electron chi connectivity index (χ3n) is 3.62. The van der Waals surface area contributed by atoms with Crippen LogP contribution in [0.5, 0.6) is 11.5 Å². The summed E-state index contributed by atoms with van der Waals surface area (Å²) in [4.78, 5) is 12.2. The van der Waals surface area contributed by atoms with Gasteiger partial charge in [0.1, 0.15) is 5.69 Å². The number of amides is 1. The highest BCUT2D eigenvalue weighted by Gasteiger charge is 2.11. The minimum absolute atomic E-state index is 0.0194. The van der Waals surface area contributed by atoms with Crippen LogP contribution in [0.2, 0.25) is 10.0 Å². The monoisotopic (exact) mass is 404 g/mol. The number of hydrogen-bond donors (Lipinski definition) is 3. The van der Waals surface area contributed by atoms with Crippen LogP contribution < -0.4 is 10.2 Å². The van der Waals surface area contributed by atoms with Crippen LogP contribution >= 0.6 is 23.2 Å². The number of phenols is 1. The molecule has 0 spiro atoms. The predicted octanol–water partition coefficient (Wildman–Crippen LogP) is 3.86. The second-order valence-electron chi connectivity index (χ2n) is 5.43. The number of hydrogen-bond acceptors (Lipinski definition) is 5. The fourth-order valence-electron chi connectivity index (χ4n) is 2.24. The number of nitrogens with one attached hydrogen (secondary N) is 2. The van der Waals surface area contributed by atoms with Gasteiger partial charge in [0.15, 0.2) is 11.5 Å². The molecule has 1 heterocycles. The molecule has 1 amide bonds. The highest BCUT2D eigenvalue weighted by Crippen LogP contribution is 2.28. The highest BCUT2D eigenvalue weighted by atomic mass is 35.5. The summed E-state index contributed by atoms with van der Waals surface area (Å²) >= 11 is 11.9. The number of H-pyrrole nitrogens is 1. The fourth-order valence-corrected chi connectivity index (χ4v) is 2.54.